The summed E-state index contributed by atoms with van der Waals surface area (Å²) in [6.45, 7) is 0. The van der Waals surface area contributed by atoms with Crippen LogP contribution in [0.15, 0.2) is 34.8 Å². The number of fused-ring (bicyclic) bond motifs is 1. The molecule has 94 valence electrons. The number of carbonyl (C=O) groups is 1. The Morgan fingerprint density at radius 1 is 1.28 bits per heavy atom. The number of rotatable bonds is 3. The predicted molar refractivity (Wildman–Crippen MR) is 70.8 cm³/mol. The SMILES string of the molecule is COc1cc2ccc(Br)cc2cc1C(O)C(=O)O. The average molecular weight is 311 g/mol. The molecule has 2 aromatic carbocycles. The number of aliphatic hydroxyl groups is 1. The van der Waals surface area contributed by atoms with Gasteiger partial charge in [-0.25, -0.2) is 4.79 Å². The van der Waals surface area contributed by atoms with Gasteiger partial charge in [-0.05, 0) is 35.0 Å². The summed E-state index contributed by atoms with van der Waals surface area (Å²) < 4.78 is 6.01. The van der Waals surface area contributed by atoms with Crippen LogP contribution in [0, 0.1) is 0 Å². The van der Waals surface area contributed by atoms with Crippen molar-refractivity contribution in [1.29, 1.82) is 0 Å². The maximum atomic E-state index is 10.9. The maximum Gasteiger partial charge on any atom is 0.337 e. The third kappa shape index (κ3) is 2.32. The first kappa shape index (κ1) is 12.9. The van der Waals surface area contributed by atoms with Gasteiger partial charge in [-0.15, -0.1) is 0 Å². The molecule has 0 aromatic heterocycles. The maximum absolute atomic E-state index is 10.9. The number of hydrogen-bond donors (Lipinski definition) is 2. The molecule has 5 heteroatoms. The lowest BCUT2D eigenvalue weighted by atomic mass is 10.0. The first-order chi connectivity index (χ1) is 8.52. The summed E-state index contributed by atoms with van der Waals surface area (Å²) in [5, 5.41) is 20.3. The molecule has 4 nitrogen and oxygen atoms in total. The van der Waals surface area contributed by atoms with Gasteiger partial charge >= 0.3 is 5.97 Å². The molecule has 1 unspecified atom stereocenters. The zero-order valence-corrected chi connectivity index (χ0v) is 11.1. The Labute approximate surface area is 112 Å². The zero-order valence-electron chi connectivity index (χ0n) is 9.55. The molecule has 0 saturated carbocycles. The third-order valence-corrected chi connectivity index (χ3v) is 3.17. The van der Waals surface area contributed by atoms with E-state index in [-0.39, 0.29) is 5.56 Å². The lowest BCUT2D eigenvalue weighted by molar-refractivity contribution is -0.147. The molecule has 1 atom stereocenters. The van der Waals surface area contributed by atoms with E-state index in [1.807, 2.05) is 18.2 Å². The second kappa shape index (κ2) is 4.96. The van der Waals surface area contributed by atoms with Gasteiger partial charge in [0.2, 0.25) is 0 Å². The highest BCUT2D eigenvalue weighted by atomic mass is 79.9. The van der Waals surface area contributed by atoms with Crippen molar-refractivity contribution in [1.82, 2.24) is 0 Å². The number of methoxy groups -OCH3 is 1. The van der Waals surface area contributed by atoms with Crippen LogP contribution in [0.2, 0.25) is 0 Å². The minimum Gasteiger partial charge on any atom is -0.496 e. The number of aliphatic carboxylic acids is 1. The smallest absolute Gasteiger partial charge is 0.337 e. The summed E-state index contributed by atoms with van der Waals surface area (Å²) in [6, 6.07) is 8.96. The van der Waals surface area contributed by atoms with E-state index in [9.17, 15) is 9.90 Å². The van der Waals surface area contributed by atoms with E-state index in [4.69, 9.17) is 9.84 Å². The van der Waals surface area contributed by atoms with E-state index in [0.29, 0.717) is 5.75 Å². The lowest BCUT2D eigenvalue weighted by Gasteiger charge is -2.13. The molecule has 18 heavy (non-hydrogen) atoms. The van der Waals surface area contributed by atoms with Gasteiger partial charge in [0.05, 0.1) is 7.11 Å². The molecule has 0 radical (unpaired) electrons. The Kier molecular flexibility index (Phi) is 3.54. The van der Waals surface area contributed by atoms with Gasteiger partial charge in [-0.1, -0.05) is 22.0 Å². The fraction of sp³-hybridized carbons (Fsp3) is 0.154. The number of aliphatic hydroxyl groups excluding tert-OH is 1. The molecular weight excluding hydrogens is 300 g/mol. The van der Waals surface area contributed by atoms with Crippen molar-refractivity contribution in [3.63, 3.8) is 0 Å². The van der Waals surface area contributed by atoms with E-state index < -0.39 is 12.1 Å². The van der Waals surface area contributed by atoms with E-state index >= 15 is 0 Å². The molecule has 0 bridgehead atoms. The largest absolute Gasteiger partial charge is 0.496 e. The van der Waals surface area contributed by atoms with Crippen molar-refractivity contribution in [3.05, 3.63) is 40.4 Å². The Balaban J connectivity index is 2.67. The van der Waals surface area contributed by atoms with Crippen LogP contribution in [-0.4, -0.2) is 23.3 Å². The van der Waals surface area contributed by atoms with E-state index in [1.165, 1.54) is 7.11 Å². The first-order valence-electron chi connectivity index (χ1n) is 5.21. The summed E-state index contributed by atoms with van der Waals surface area (Å²) in [6.07, 6.45) is -1.59. The van der Waals surface area contributed by atoms with Crippen LogP contribution >= 0.6 is 15.9 Å². The predicted octanol–water partition coefficient (Wildman–Crippen LogP) is 2.73. The lowest BCUT2D eigenvalue weighted by Crippen LogP contribution is -2.11. The van der Waals surface area contributed by atoms with E-state index in [0.717, 1.165) is 15.2 Å². The number of hydrogen-bond acceptors (Lipinski definition) is 3. The van der Waals surface area contributed by atoms with Gasteiger partial charge in [0.1, 0.15) is 5.75 Å². The summed E-state index contributed by atoms with van der Waals surface area (Å²) >= 11 is 3.35. The minimum absolute atomic E-state index is 0.246. The number of benzene rings is 2. The standard InChI is InChI=1S/C13H11BrO4/c1-18-11-6-7-2-3-9(14)4-8(7)5-10(11)12(15)13(16)17/h2-6,12,15H,1H3,(H,16,17). The van der Waals surface area contributed by atoms with Crippen LogP contribution < -0.4 is 4.74 Å². The van der Waals surface area contributed by atoms with Crippen molar-refractivity contribution in [3.8, 4) is 5.75 Å². The topological polar surface area (TPSA) is 66.8 Å². The van der Waals surface area contributed by atoms with Gasteiger partial charge in [-0.3, -0.25) is 0 Å². The number of halogens is 1. The van der Waals surface area contributed by atoms with Crippen molar-refractivity contribution in [2.45, 2.75) is 6.10 Å². The minimum atomic E-state index is -1.59. The molecule has 2 N–H and O–H groups in total. The monoisotopic (exact) mass is 310 g/mol. The third-order valence-electron chi connectivity index (χ3n) is 2.68. The highest BCUT2D eigenvalue weighted by molar-refractivity contribution is 9.10. The second-order valence-corrected chi connectivity index (χ2v) is 4.74. The summed E-state index contributed by atoms with van der Waals surface area (Å²) in [7, 11) is 1.44. The van der Waals surface area contributed by atoms with Crippen LogP contribution in [0.1, 0.15) is 11.7 Å². The van der Waals surface area contributed by atoms with E-state index in [2.05, 4.69) is 15.9 Å². The normalized spacial score (nSPS) is 12.4. The molecule has 2 aromatic rings. The van der Waals surface area contributed by atoms with E-state index in [1.54, 1.807) is 12.1 Å². The van der Waals surface area contributed by atoms with Gasteiger partial charge in [0.25, 0.3) is 0 Å². The number of carboxylic acid groups (broad SMARTS) is 1. The summed E-state index contributed by atoms with van der Waals surface area (Å²) in [5.41, 5.74) is 0.246. The van der Waals surface area contributed by atoms with Crippen molar-refractivity contribution >= 4 is 32.7 Å². The Bertz CT molecular complexity index is 609. The molecular formula is C13H11BrO4. The van der Waals surface area contributed by atoms with Crippen molar-refractivity contribution < 1.29 is 19.7 Å². The Morgan fingerprint density at radius 2 is 2.00 bits per heavy atom. The van der Waals surface area contributed by atoms with Gasteiger partial charge < -0.3 is 14.9 Å². The molecule has 0 aliphatic carbocycles. The highest BCUT2D eigenvalue weighted by Crippen LogP contribution is 2.31. The van der Waals surface area contributed by atoms with Gasteiger partial charge in [0.15, 0.2) is 6.10 Å². The summed E-state index contributed by atoms with van der Waals surface area (Å²) in [4.78, 5) is 10.9. The van der Waals surface area contributed by atoms with Crippen LogP contribution in [-0.2, 0) is 4.79 Å². The molecule has 0 saturated heterocycles. The fourth-order valence-corrected chi connectivity index (χ4v) is 2.17. The number of carboxylic acids is 1. The van der Waals surface area contributed by atoms with Gasteiger partial charge in [0, 0.05) is 10.0 Å². The number of ether oxygens (including phenoxy) is 1. The quantitative estimate of drug-likeness (QED) is 0.914. The Hall–Kier alpha value is -1.59. The van der Waals surface area contributed by atoms with Gasteiger partial charge in [-0.2, -0.15) is 0 Å². The van der Waals surface area contributed by atoms with Crippen molar-refractivity contribution in [2.24, 2.45) is 0 Å². The Morgan fingerprint density at radius 3 is 2.61 bits per heavy atom. The molecule has 2 rings (SSSR count). The molecule has 0 heterocycles. The van der Waals surface area contributed by atoms with Crippen LogP contribution in [0.5, 0.6) is 5.75 Å². The molecule has 0 aliphatic rings. The fourth-order valence-electron chi connectivity index (χ4n) is 1.79. The second-order valence-electron chi connectivity index (χ2n) is 3.83. The molecule has 0 fully saturated rings. The first-order valence-corrected chi connectivity index (χ1v) is 6.00. The van der Waals surface area contributed by atoms with Crippen LogP contribution in [0.25, 0.3) is 10.8 Å². The van der Waals surface area contributed by atoms with Crippen LogP contribution in [0.3, 0.4) is 0 Å². The summed E-state index contributed by atoms with van der Waals surface area (Å²) in [5.74, 6) is -0.942. The van der Waals surface area contributed by atoms with Crippen molar-refractivity contribution in [2.75, 3.05) is 7.11 Å². The molecule has 0 aliphatic heterocycles. The molecule has 0 amide bonds. The molecule has 0 spiro atoms. The highest BCUT2D eigenvalue weighted by Gasteiger charge is 2.20. The zero-order chi connectivity index (χ0) is 13.3. The van der Waals surface area contributed by atoms with Crippen LogP contribution in [0.4, 0.5) is 0 Å². The average Bonchev–Trinajstić information content (AvgIpc) is 2.36.